The van der Waals surface area contributed by atoms with Crippen molar-refractivity contribution in [3.05, 3.63) is 18.5 Å². The van der Waals surface area contributed by atoms with E-state index in [1.54, 1.807) is 17.1 Å². The fourth-order valence-corrected chi connectivity index (χ4v) is 0.969. The minimum absolute atomic E-state index is 0.642. The Morgan fingerprint density at radius 1 is 1.78 bits per heavy atom. The fraction of sp³-hybridized carbons (Fsp3) is 0. The molecule has 0 unspecified atom stereocenters. The van der Waals surface area contributed by atoms with Crippen molar-refractivity contribution < 1.29 is 0 Å². The van der Waals surface area contributed by atoms with Crippen LogP contribution in [-0.2, 0) is 0 Å². The Balaban J connectivity index is 2.77. The first-order chi connectivity index (χ1) is 4.34. The second-order valence-electron chi connectivity index (χ2n) is 1.31. The van der Waals surface area contributed by atoms with E-state index in [2.05, 4.69) is 16.8 Å². The lowest BCUT2D eigenvalue weighted by molar-refractivity contribution is 0.965. The lowest BCUT2D eigenvalue weighted by Gasteiger charge is -1.94. The number of nitrogens with zero attached hydrogens (tertiary/aromatic N) is 2. The molecule has 0 bridgehead atoms. The summed E-state index contributed by atoms with van der Waals surface area (Å²) in [4.78, 5) is 0. The van der Waals surface area contributed by atoms with E-state index in [9.17, 15) is 0 Å². The summed E-state index contributed by atoms with van der Waals surface area (Å²) in [6, 6.07) is 1.82. The molecule has 1 heterocycles. The number of hydrogen-bond acceptors (Lipinski definition) is 4. The Morgan fingerprint density at radius 3 is 3.00 bits per heavy atom. The minimum Gasteiger partial charge on any atom is -0.223 e. The predicted octanol–water partition coefficient (Wildman–Crippen LogP) is 1.59. The van der Waals surface area contributed by atoms with Crippen molar-refractivity contribution in [3.63, 3.8) is 0 Å². The van der Waals surface area contributed by atoms with Crippen LogP contribution in [0.4, 0.5) is 0 Å². The minimum atomic E-state index is 0.642. The largest absolute Gasteiger partial charge is 0.223 e. The van der Waals surface area contributed by atoms with Gasteiger partial charge in [-0.25, -0.2) is 4.68 Å². The summed E-state index contributed by atoms with van der Waals surface area (Å²) in [5.41, 5.74) is 0. The van der Waals surface area contributed by atoms with Gasteiger partial charge in [-0.05, 0) is 29.1 Å². The molecule has 0 N–H and O–H groups in total. The quantitative estimate of drug-likeness (QED) is 0.368. The van der Waals surface area contributed by atoms with E-state index in [-0.39, 0.29) is 0 Å². The van der Waals surface area contributed by atoms with Gasteiger partial charge in [-0.1, -0.05) is 0 Å². The van der Waals surface area contributed by atoms with Crippen LogP contribution >= 0.6 is 34.7 Å². The molecule has 9 heavy (non-hydrogen) atoms. The van der Waals surface area contributed by atoms with Gasteiger partial charge in [-0.2, -0.15) is 5.10 Å². The van der Waals surface area contributed by atoms with Crippen LogP contribution in [0.15, 0.2) is 18.5 Å². The van der Waals surface area contributed by atoms with Crippen LogP contribution in [0.1, 0.15) is 0 Å². The van der Waals surface area contributed by atoms with Crippen LogP contribution in [0, 0.1) is 0 Å². The predicted molar refractivity (Wildman–Crippen MR) is 46.8 cm³/mol. The van der Waals surface area contributed by atoms with Crippen molar-refractivity contribution in [2.45, 2.75) is 0 Å². The Kier molecular flexibility index (Phi) is 2.56. The first kappa shape index (κ1) is 7.11. The third-order valence-electron chi connectivity index (χ3n) is 0.770. The highest BCUT2D eigenvalue weighted by molar-refractivity contribution is 8.76. The Bertz CT molecular complexity index is 194. The first-order valence-electron chi connectivity index (χ1n) is 2.20. The zero-order valence-electron chi connectivity index (χ0n) is 4.39. The molecule has 0 aliphatic rings. The van der Waals surface area contributed by atoms with Gasteiger partial charge in [0.1, 0.15) is 0 Å². The number of thiol groups is 1. The Hall–Kier alpha value is -0.000000000000000167. The molecule has 48 valence electrons. The highest BCUT2D eigenvalue weighted by Gasteiger charge is 1.94. The van der Waals surface area contributed by atoms with Gasteiger partial charge in [-0.15, -0.1) is 11.7 Å². The summed E-state index contributed by atoms with van der Waals surface area (Å²) in [5, 5.41) is 3.89. The summed E-state index contributed by atoms with van der Waals surface area (Å²) < 4.78 is 2.23. The molecule has 0 spiro atoms. The monoisotopic (exact) mass is 176 g/mol. The summed E-state index contributed by atoms with van der Waals surface area (Å²) in [6.45, 7) is 0. The number of hydrogen-bond donors (Lipinski definition) is 1. The summed E-state index contributed by atoms with van der Waals surface area (Å²) in [5.74, 6) is 0. The first-order valence-corrected chi connectivity index (χ1v) is 4.47. The van der Waals surface area contributed by atoms with Crippen molar-refractivity contribution in [1.29, 1.82) is 0 Å². The van der Waals surface area contributed by atoms with E-state index < -0.39 is 0 Å². The van der Waals surface area contributed by atoms with E-state index in [1.807, 2.05) is 6.07 Å². The van der Waals surface area contributed by atoms with Gasteiger partial charge in [0, 0.05) is 12.4 Å². The normalized spacial score (nSPS) is 9.44. The molecule has 0 saturated carbocycles. The molecule has 0 atom stereocenters. The third-order valence-corrected chi connectivity index (χ3v) is 2.44. The standard InChI is InChI=1S/C4H4N2S3/c7-4(9-8)6-3-1-2-5-6/h1-3,8H. The second-order valence-corrected chi connectivity index (χ2v) is 3.07. The van der Waals surface area contributed by atoms with Crippen LogP contribution in [0.3, 0.4) is 0 Å². The number of rotatable bonds is 0. The van der Waals surface area contributed by atoms with E-state index in [0.29, 0.717) is 4.32 Å². The van der Waals surface area contributed by atoms with Crippen molar-refractivity contribution in [3.8, 4) is 0 Å². The Morgan fingerprint density at radius 2 is 2.56 bits per heavy atom. The van der Waals surface area contributed by atoms with E-state index in [4.69, 9.17) is 12.2 Å². The fourth-order valence-electron chi connectivity index (χ4n) is 0.419. The van der Waals surface area contributed by atoms with Gasteiger partial charge in [0.15, 0.2) is 4.32 Å². The molecule has 0 saturated heterocycles. The topological polar surface area (TPSA) is 17.8 Å². The maximum Gasteiger partial charge on any atom is 0.171 e. The molecule has 1 aromatic heterocycles. The molecule has 0 radical (unpaired) electrons. The molecule has 0 aromatic carbocycles. The molecule has 0 aliphatic carbocycles. The lowest BCUT2D eigenvalue weighted by Crippen LogP contribution is -2.02. The zero-order valence-corrected chi connectivity index (χ0v) is 6.92. The molecule has 0 fully saturated rings. The van der Waals surface area contributed by atoms with Crippen molar-refractivity contribution in [2.24, 2.45) is 0 Å². The van der Waals surface area contributed by atoms with Gasteiger partial charge < -0.3 is 0 Å². The average molecular weight is 176 g/mol. The molecule has 2 nitrogen and oxygen atoms in total. The molecule has 1 rings (SSSR count). The van der Waals surface area contributed by atoms with Gasteiger partial charge in [0.2, 0.25) is 0 Å². The van der Waals surface area contributed by atoms with Gasteiger partial charge in [0.25, 0.3) is 0 Å². The number of aromatic nitrogens is 2. The smallest absolute Gasteiger partial charge is 0.171 e. The van der Waals surface area contributed by atoms with Crippen LogP contribution in [0.5, 0.6) is 0 Å². The van der Waals surface area contributed by atoms with Crippen LogP contribution in [0.25, 0.3) is 0 Å². The summed E-state index contributed by atoms with van der Waals surface area (Å²) in [7, 11) is 1.21. The molecular weight excluding hydrogens is 172 g/mol. The lowest BCUT2D eigenvalue weighted by atomic mass is 10.8. The van der Waals surface area contributed by atoms with Gasteiger partial charge in [0.05, 0.1) is 0 Å². The maximum absolute atomic E-state index is 4.86. The van der Waals surface area contributed by atoms with E-state index in [0.717, 1.165) is 0 Å². The molecule has 5 heteroatoms. The Labute approximate surface area is 67.4 Å². The zero-order chi connectivity index (χ0) is 6.69. The van der Waals surface area contributed by atoms with E-state index in [1.165, 1.54) is 10.8 Å². The molecule has 0 aliphatic heterocycles. The van der Waals surface area contributed by atoms with Crippen molar-refractivity contribution in [1.82, 2.24) is 9.78 Å². The summed E-state index contributed by atoms with van der Waals surface area (Å²) in [6.07, 6.45) is 3.46. The van der Waals surface area contributed by atoms with Crippen LogP contribution in [0.2, 0.25) is 0 Å². The molecule has 1 aromatic rings. The highest BCUT2D eigenvalue weighted by atomic mass is 33.1. The second kappa shape index (κ2) is 3.24. The van der Waals surface area contributed by atoms with Crippen molar-refractivity contribution in [2.75, 3.05) is 0 Å². The van der Waals surface area contributed by atoms with Crippen LogP contribution in [-0.4, -0.2) is 14.1 Å². The maximum atomic E-state index is 4.86. The van der Waals surface area contributed by atoms with E-state index >= 15 is 0 Å². The number of thiocarbonyl (C=S) groups is 1. The average Bonchev–Trinajstić information content (AvgIpc) is 2.37. The molecule has 0 amide bonds. The SMILES string of the molecule is S=C(SS)n1cccn1. The van der Waals surface area contributed by atoms with Gasteiger partial charge in [-0.3, -0.25) is 0 Å². The third kappa shape index (κ3) is 1.70. The van der Waals surface area contributed by atoms with Crippen LogP contribution < -0.4 is 0 Å². The molecular formula is C4H4N2S3. The van der Waals surface area contributed by atoms with Crippen molar-refractivity contribution >= 4 is 39.0 Å². The van der Waals surface area contributed by atoms with Gasteiger partial charge >= 0.3 is 0 Å². The summed E-state index contributed by atoms with van der Waals surface area (Å²) >= 11 is 8.78. The highest BCUT2D eigenvalue weighted by Crippen LogP contribution is 2.09.